The fourth-order valence-corrected chi connectivity index (χ4v) is 3.60. The lowest BCUT2D eigenvalue weighted by Gasteiger charge is -2.27. The van der Waals surface area contributed by atoms with E-state index in [0.29, 0.717) is 0 Å². The average Bonchev–Trinajstić information content (AvgIpc) is 2.49. The number of rotatable bonds is 3. The normalized spacial score (nSPS) is 28.1. The second-order valence-electron chi connectivity index (χ2n) is 6.60. The third kappa shape index (κ3) is 4.07. The van der Waals surface area contributed by atoms with Crippen molar-refractivity contribution >= 4 is 0 Å². The van der Waals surface area contributed by atoms with E-state index in [1.165, 1.54) is 42.4 Å². The lowest BCUT2D eigenvalue weighted by atomic mass is 9.86. The standard InChI is InChI=1S/C18H28O/c1-4-16-6-5-8-18(19,9-7-16)13-17-11-14(2)10-15(3)12-17/h10-12,16,19H,4-9,13H2,1-3H3. The summed E-state index contributed by atoms with van der Waals surface area (Å²) >= 11 is 0. The summed E-state index contributed by atoms with van der Waals surface area (Å²) in [6.45, 7) is 6.56. The molecular formula is C18H28O. The molecule has 106 valence electrons. The Balaban J connectivity index is 2.07. The van der Waals surface area contributed by atoms with Gasteiger partial charge in [-0.1, -0.05) is 55.5 Å². The second kappa shape index (κ2) is 6.09. The molecule has 2 atom stereocenters. The van der Waals surface area contributed by atoms with Crippen molar-refractivity contribution in [1.29, 1.82) is 0 Å². The van der Waals surface area contributed by atoms with Crippen molar-refractivity contribution in [2.24, 2.45) is 5.92 Å². The molecule has 1 aromatic carbocycles. The Morgan fingerprint density at radius 2 is 1.79 bits per heavy atom. The maximum Gasteiger partial charge on any atom is 0.0688 e. The third-order valence-electron chi connectivity index (χ3n) is 4.66. The van der Waals surface area contributed by atoms with Crippen molar-refractivity contribution < 1.29 is 5.11 Å². The van der Waals surface area contributed by atoms with E-state index in [2.05, 4.69) is 39.0 Å². The zero-order chi connectivity index (χ0) is 13.9. The molecule has 1 nitrogen and oxygen atoms in total. The maximum absolute atomic E-state index is 10.9. The Kier molecular flexibility index (Phi) is 4.67. The summed E-state index contributed by atoms with van der Waals surface area (Å²) in [5.74, 6) is 0.827. The molecule has 2 rings (SSSR count). The van der Waals surface area contributed by atoms with Gasteiger partial charge in [-0.2, -0.15) is 0 Å². The van der Waals surface area contributed by atoms with Crippen LogP contribution in [0.3, 0.4) is 0 Å². The summed E-state index contributed by atoms with van der Waals surface area (Å²) in [5.41, 5.74) is 3.44. The van der Waals surface area contributed by atoms with Gasteiger partial charge in [-0.15, -0.1) is 0 Å². The quantitative estimate of drug-likeness (QED) is 0.789. The smallest absolute Gasteiger partial charge is 0.0688 e. The maximum atomic E-state index is 10.9. The molecule has 0 radical (unpaired) electrons. The highest BCUT2D eigenvalue weighted by molar-refractivity contribution is 5.29. The highest BCUT2D eigenvalue weighted by Crippen LogP contribution is 2.34. The van der Waals surface area contributed by atoms with E-state index < -0.39 is 5.60 Å². The van der Waals surface area contributed by atoms with Crippen molar-refractivity contribution in [2.45, 2.75) is 71.3 Å². The topological polar surface area (TPSA) is 20.2 Å². The second-order valence-corrected chi connectivity index (χ2v) is 6.60. The molecule has 0 aromatic heterocycles. The first kappa shape index (κ1) is 14.6. The number of aryl methyl sites for hydroxylation is 2. The molecule has 1 N–H and O–H groups in total. The summed E-state index contributed by atoms with van der Waals surface area (Å²) in [5, 5.41) is 10.9. The van der Waals surface area contributed by atoms with Gasteiger partial charge in [-0.25, -0.2) is 0 Å². The van der Waals surface area contributed by atoms with Crippen molar-refractivity contribution in [3.8, 4) is 0 Å². The minimum absolute atomic E-state index is 0.468. The molecule has 0 spiro atoms. The minimum atomic E-state index is -0.468. The van der Waals surface area contributed by atoms with Crippen LogP contribution >= 0.6 is 0 Å². The van der Waals surface area contributed by atoms with Crippen LogP contribution in [0.1, 0.15) is 62.1 Å². The molecule has 1 fully saturated rings. The first-order valence-corrected chi connectivity index (χ1v) is 7.80. The molecule has 0 saturated heterocycles. The van der Waals surface area contributed by atoms with Gasteiger partial charge in [0, 0.05) is 6.42 Å². The highest BCUT2D eigenvalue weighted by atomic mass is 16.3. The Labute approximate surface area is 118 Å². The van der Waals surface area contributed by atoms with Crippen LogP contribution in [0.4, 0.5) is 0 Å². The van der Waals surface area contributed by atoms with Gasteiger partial charge in [0.25, 0.3) is 0 Å². The van der Waals surface area contributed by atoms with Gasteiger partial charge < -0.3 is 5.11 Å². The Morgan fingerprint density at radius 3 is 2.42 bits per heavy atom. The van der Waals surface area contributed by atoms with Crippen LogP contribution in [-0.2, 0) is 6.42 Å². The first-order chi connectivity index (χ1) is 9.00. The van der Waals surface area contributed by atoms with Crippen LogP contribution in [0.15, 0.2) is 18.2 Å². The molecule has 19 heavy (non-hydrogen) atoms. The van der Waals surface area contributed by atoms with Crippen LogP contribution < -0.4 is 0 Å². The van der Waals surface area contributed by atoms with Gasteiger partial charge in [-0.3, -0.25) is 0 Å². The van der Waals surface area contributed by atoms with E-state index in [0.717, 1.165) is 25.2 Å². The molecule has 0 heterocycles. The van der Waals surface area contributed by atoms with Crippen LogP contribution in [0, 0.1) is 19.8 Å². The van der Waals surface area contributed by atoms with Gasteiger partial charge in [-0.05, 0) is 44.6 Å². The molecule has 0 amide bonds. The largest absolute Gasteiger partial charge is 0.390 e. The summed E-state index contributed by atoms with van der Waals surface area (Å²) < 4.78 is 0. The van der Waals surface area contributed by atoms with Gasteiger partial charge in [0.15, 0.2) is 0 Å². The molecule has 1 heteroatoms. The lowest BCUT2D eigenvalue weighted by molar-refractivity contribution is 0.0241. The zero-order valence-electron chi connectivity index (χ0n) is 12.7. The number of benzene rings is 1. The number of aliphatic hydroxyl groups is 1. The first-order valence-electron chi connectivity index (χ1n) is 7.80. The van der Waals surface area contributed by atoms with Crippen molar-refractivity contribution in [2.75, 3.05) is 0 Å². The predicted octanol–water partition coefficient (Wildman–Crippen LogP) is 4.57. The molecule has 1 aromatic rings. The fourth-order valence-electron chi connectivity index (χ4n) is 3.60. The van der Waals surface area contributed by atoms with Gasteiger partial charge in [0.1, 0.15) is 0 Å². The fraction of sp³-hybridized carbons (Fsp3) is 0.667. The summed E-state index contributed by atoms with van der Waals surface area (Å²) in [4.78, 5) is 0. The van der Waals surface area contributed by atoms with E-state index in [1.54, 1.807) is 0 Å². The zero-order valence-corrected chi connectivity index (χ0v) is 12.7. The van der Waals surface area contributed by atoms with E-state index >= 15 is 0 Å². The van der Waals surface area contributed by atoms with Crippen molar-refractivity contribution in [3.05, 3.63) is 34.9 Å². The van der Waals surface area contributed by atoms with Crippen LogP contribution in [0.25, 0.3) is 0 Å². The average molecular weight is 260 g/mol. The summed E-state index contributed by atoms with van der Waals surface area (Å²) in [6, 6.07) is 6.66. The molecular weight excluding hydrogens is 232 g/mol. The summed E-state index contributed by atoms with van der Waals surface area (Å²) in [6.07, 6.45) is 7.70. The molecule has 1 aliphatic carbocycles. The van der Waals surface area contributed by atoms with Crippen molar-refractivity contribution in [1.82, 2.24) is 0 Å². The lowest BCUT2D eigenvalue weighted by Crippen LogP contribution is -2.30. The Morgan fingerprint density at radius 1 is 1.11 bits per heavy atom. The van der Waals surface area contributed by atoms with Crippen LogP contribution in [-0.4, -0.2) is 10.7 Å². The molecule has 0 aliphatic heterocycles. The Hall–Kier alpha value is -0.820. The predicted molar refractivity (Wildman–Crippen MR) is 81.4 cm³/mol. The number of hydrogen-bond acceptors (Lipinski definition) is 1. The minimum Gasteiger partial charge on any atom is -0.390 e. The third-order valence-corrected chi connectivity index (χ3v) is 4.66. The van der Waals surface area contributed by atoms with Gasteiger partial charge in [0.05, 0.1) is 5.60 Å². The highest BCUT2D eigenvalue weighted by Gasteiger charge is 2.30. The molecule has 2 unspecified atom stereocenters. The molecule has 1 saturated carbocycles. The monoisotopic (exact) mass is 260 g/mol. The van der Waals surface area contributed by atoms with Crippen molar-refractivity contribution in [3.63, 3.8) is 0 Å². The van der Waals surface area contributed by atoms with Crippen LogP contribution in [0.5, 0.6) is 0 Å². The van der Waals surface area contributed by atoms with E-state index in [4.69, 9.17) is 0 Å². The number of hydrogen-bond donors (Lipinski definition) is 1. The molecule has 1 aliphatic rings. The SMILES string of the molecule is CCC1CCCC(O)(Cc2cc(C)cc(C)c2)CC1. The molecule has 0 bridgehead atoms. The van der Waals surface area contributed by atoms with Gasteiger partial charge in [0.2, 0.25) is 0 Å². The van der Waals surface area contributed by atoms with E-state index in [9.17, 15) is 5.11 Å². The van der Waals surface area contributed by atoms with E-state index in [1.807, 2.05) is 0 Å². The van der Waals surface area contributed by atoms with E-state index in [-0.39, 0.29) is 0 Å². The van der Waals surface area contributed by atoms with Crippen LogP contribution in [0.2, 0.25) is 0 Å². The van der Waals surface area contributed by atoms with Gasteiger partial charge >= 0.3 is 0 Å². The Bertz CT molecular complexity index is 403. The summed E-state index contributed by atoms with van der Waals surface area (Å²) in [7, 11) is 0.